The molecule has 0 bridgehead atoms. The molecule has 2 fully saturated rings. The predicted molar refractivity (Wildman–Crippen MR) is 98.1 cm³/mol. The lowest BCUT2D eigenvalue weighted by Gasteiger charge is -2.37. The van der Waals surface area contributed by atoms with Gasteiger partial charge >= 0.3 is 6.09 Å². The van der Waals surface area contributed by atoms with Gasteiger partial charge in [0.1, 0.15) is 17.7 Å². The van der Waals surface area contributed by atoms with Crippen molar-refractivity contribution in [2.75, 3.05) is 17.4 Å². The number of carboxylic acid groups (broad SMARTS) is 1. The molecule has 9 nitrogen and oxygen atoms in total. The fourth-order valence-electron chi connectivity index (χ4n) is 3.60. The number of hydrogen-bond donors (Lipinski definition) is 6. The Morgan fingerprint density at radius 1 is 1.31 bits per heavy atom. The number of carbonyl (C=O) groups is 1. The summed E-state index contributed by atoms with van der Waals surface area (Å²) < 4.78 is 23.3. The number of aliphatic hydroxyl groups is 1. The average Bonchev–Trinajstić information content (AvgIpc) is 2.85. The standard InChI is InChI=1S/C16H25N3O6S/c20-14-9-11(4-6-12-3-1-2-8-18(12)16(22)23)5-7-13(14)19-10-15(21)17-26(19,24)25/h5,7,9,12,15,17,20-21,24-25H,1-4,6,8,10H2,(H,22,23). The van der Waals surface area contributed by atoms with Crippen LogP contribution in [0.1, 0.15) is 31.2 Å². The molecule has 1 aromatic rings. The van der Waals surface area contributed by atoms with E-state index in [0.29, 0.717) is 19.4 Å². The Kier molecular flexibility index (Phi) is 5.49. The molecule has 2 heterocycles. The van der Waals surface area contributed by atoms with Gasteiger partial charge in [-0.3, -0.25) is 13.4 Å². The molecule has 10 heteroatoms. The smallest absolute Gasteiger partial charge is 0.407 e. The van der Waals surface area contributed by atoms with E-state index in [1.165, 1.54) is 4.90 Å². The summed E-state index contributed by atoms with van der Waals surface area (Å²) >= 11 is 0. The first-order valence-corrected chi connectivity index (χ1v) is 10.1. The lowest BCUT2D eigenvalue weighted by atomic mass is 9.96. The topological polar surface area (TPSA) is 137 Å². The van der Waals surface area contributed by atoms with Gasteiger partial charge in [0, 0.05) is 12.6 Å². The highest BCUT2D eigenvalue weighted by molar-refractivity contribution is 8.24. The lowest BCUT2D eigenvalue weighted by Crippen LogP contribution is -2.43. The van der Waals surface area contributed by atoms with Crippen LogP contribution in [0.3, 0.4) is 0 Å². The van der Waals surface area contributed by atoms with Gasteiger partial charge in [-0.15, -0.1) is 0 Å². The second-order valence-electron chi connectivity index (χ2n) is 6.70. The van der Waals surface area contributed by atoms with E-state index in [1.54, 1.807) is 18.2 Å². The summed E-state index contributed by atoms with van der Waals surface area (Å²) in [6.45, 7) is 0.511. The van der Waals surface area contributed by atoms with Crippen molar-refractivity contribution in [3.8, 4) is 5.75 Å². The molecule has 0 aliphatic carbocycles. The number of β-amino-alcohol motifs (C(OH)–C–C–N with tert-alkyl or cyclic N) is 1. The van der Waals surface area contributed by atoms with Crippen LogP contribution in [0.25, 0.3) is 0 Å². The average molecular weight is 387 g/mol. The molecule has 0 radical (unpaired) electrons. The van der Waals surface area contributed by atoms with Gasteiger partial charge in [0.15, 0.2) is 0 Å². The SMILES string of the molecule is O=C(O)N1CCCCC1CCc1ccc(N2CC(O)NS2(O)O)c(O)c1. The highest BCUT2D eigenvalue weighted by Gasteiger charge is 2.36. The summed E-state index contributed by atoms with van der Waals surface area (Å²) in [6, 6.07) is 4.87. The molecule has 26 heavy (non-hydrogen) atoms. The number of aromatic hydroxyl groups is 1. The van der Waals surface area contributed by atoms with Gasteiger partial charge in [0.25, 0.3) is 0 Å². The predicted octanol–water partition coefficient (Wildman–Crippen LogP) is 2.17. The van der Waals surface area contributed by atoms with Crippen LogP contribution >= 0.6 is 11.0 Å². The highest BCUT2D eigenvalue weighted by Crippen LogP contribution is 2.49. The Hall–Kier alpha value is -1.72. The minimum atomic E-state index is -3.37. The Morgan fingerprint density at radius 2 is 2.08 bits per heavy atom. The monoisotopic (exact) mass is 387 g/mol. The summed E-state index contributed by atoms with van der Waals surface area (Å²) in [6.07, 6.45) is 2.05. The molecule has 2 aliphatic heterocycles. The molecule has 2 aliphatic rings. The normalized spacial score (nSPS) is 26.7. The van der Waals surface area contributed by atoms with Crippen molar-refractivity contribution in [3.63, 3.8) is 0 Å². The number of piperidine rings is 1. The Bertz CT molecular complexity index is 673. The van der Waals surface area contributed by atoms with E-state index in [1.807, 2.05) is 0 Å². The van der Waals surface area contributed by atoms with Crippen molar-refractivity contribution in [3.05, 3.63) is 23.8 Å². The van der Waals surface area contributed by atoms with Crippen LogP contribution in [0.4, 0.5) is 10.5 Å². The maximum atomic E-state index is 11.3. The van der Waals surface area contributed by atoms with Crippen LogP contribution in [0, 0.1) is 0 Å². The third kappa shape index (κ3) is 3.99. The number of benzene rings is 1. The van der Waals surface area contributed by atoms with E-state index in [2.05, 4.69) is 4.72 Å². The highest BCUT2D eigenvalue weighted by atomic mass is 32.3. The van der Waals surface area contributed by atoms with Gasteiger partial charge in [-0.1, -0.05) is 17.0 Å². The maximum Gasteiger partial charge on any atom is 0.407 e. The fourth-order valence-corrected chi connectivity index (χ4v) is 4.95. The molecule has 0 spiro atoms. The van der Waals surface area contributed by atoms with E-state index in [4.69, 9.17) is 0 Å². The minimum absolute atomic E-state index is 0.0204. The molecule has 1 aromatic carbocycles. The van der Waals surface area contributed by atoms with Gasteiger partial charge in [0.05, 0.1) is 6.54 Å². The molecular weight excluding hydrogens is 362 g/mol. The van der Waals surface area contributed by atoms with Crippen LogP contribution in [0.15, 0.2) is 18.2 Å². The first kappa shape index (κ1) is 19.1. The van der Waals surface area contributed by atoms with Gasteiger partial charge in [-0.2, -0.15) is 4.72 Å². The van der Waals surface area contributed by atoms with Crippen LogP contribution in [0.2, 0.25) is 0 Å². The molecule has 1 amide bonds. The second kappa shape index (κ2) is 7.49. The molecular formula is C16H25N3O6S. The Labute approximate surface area is 153 Å². The van der Waals surface area contributed by atoms with Gasteiger partial charge < -0.3 is 20.2 Å². The molecule has 6 N–H and O–H groups in total. The third-order valence-corrected chi connectivity index (χ3v) is 6.44. The number of phenols is 1. The summed E-state index contributed by atoms with van der Waals surface area (Å²) in [7, 11) is -3.37. The largest absolute Gasteiger partial charge is 0.506 e. The van der Waals surface area contributed by atoms with Crippen LogP contribution in [-0.2, 0) is 6.42 Å². The summed E-state index contributed by atoms with van der Waals surface area (Å²) in [5.41, 5.74) is 1.06. The number of hydrogen-bond acceptors (Lipinski definition) is 7. The zero-order chi connectivity index (χ0) is 18.9. The number of rotatable bonds is 4. The van der Waals surface area contributed by atoms with Crippen molar-refractivity contribution in [2.24, 2.45) is 0 Å². The van der Waals surface area contributed by atoms with Gasteiger partial charge in [-0.25, -0.2) is 4.79 Å². The van der Waals surface area contributed by atoms with E-state index < -0.39 is 23.3 Å². The first-order chi connectivity index (χ1) is 12.3. The molecule has 2 saturated heterocycles. The van der Waals surface area contributed by atoms with Crippen molar-refractivity contribution < 1.29 is 29.2 Å². The number of anilines is 1. The van der Waals surface area contributed by atoms with E-state index >= 15 is 0 Å². The molecule has 3 rings (SSSR count). The zero-order valence-electron chi connectivity index (χ0n) is 14.3. The minimum Gasteiger partial charge on any atom is -0.506 e. The molecule has 146 valence electrons. The quantitative estimate of drug-likeness (QED) is 0.462. The summed E-state index contributed by atoms with van der Waals surface area (Å²) in [5.74, 6) is -0.114. The first-order valence-electron chi connectivity index (χ1n) is 8.60. The molecule has 2 atom stereocenters. The second-order valence-corrected chi connectivity index (χ2v) is 8.41. The van der Waals surface area contributed by atoms with Crippen molar-refractivity contribution >= 4 is 22.7 Å². The number of aryl methyl sites for hydroxylation is 1. The van der Waals surface area contributed by atoms with Crippen LogP contribution in [-0.4, -0.2) is 60.8 Å². The van der Waals surface area contributed by atoms with Gasteiger partial charge in [-0.05, 0) is 49.8 Å². The number of phenolic OH excluding ortho intramolecular Hbond substituents is 1. The fraction of sp³-hybridized carbons (Fsp3) is 0.562. The number of likely N-dealkylation sites (tertiary alicyclic amines) is 1. The van der Waals surface area contributed by atoms with E-state index in [-0.39, 0.29) is 24.0 Å². The van der Waals surface area contributed by atoms with Crippen LogP contribution in [0.5, 0.6) is 5.75 Å². The third-order valence-electron chi connectivity index (χ3n) is 4.89. The van der Waals surface area contributed by atoms with E-state index in [9.17, 15) is 29.2 Å². The summed E-state index contributed by atoms with van der Waals surface area (Å²) in [5, 5.41) is 29.1. The Balaban J connectivity index is 1.67. The lowest BCUT2D eigenvalue weighted by molar-refractivity contribution is 0.103. The van der Waals surface area contributed by atoms with Crippen molar-refractivity contribution in [1.82, 2.24) is 9.62 Å². The number of nitrogens with zero attached hydrogens (tertiary/aromatic N) is 2. The number of aliphatic hydroxyl groups excluding tert-OH is 1. The Morgan fingerprint density at radius 3 is 2.69 bits per heavy atom. The maximum absolute atomic E-state index is 11.3. The zero-order valence-corrected chi connectivity index (χ0v) is 15.1. The molecule has 0 aromatic heterocycles. The molecule has 0 saturated carbocycles. The van der Waals surface area contributed by atoms with Crippen LogP contribution < -0.4 is 9.03 Å². The molecule has 2 unspecified atom stereocenters. The number of nitrogens with one attached hydrogen (secondary N) is 1. The van der Waals surface area contributed by atoms with E-state index in [0.717, 1.165) is 29.1 Å². The van der Waals surface area contributed by atoms with Gasteiger partial charge in [0.2, 0.25) is 0 Å². The number of amides is 1. The van der Waals surface area contributed by atoms with Crippen molar-refractivity contribution in [1.29, 1.82) is 0 Å². The summed E-state index contributed by atoms with van der Waals surface area (Å²) in [4.78, 5) is 12.8. The van der Waals surface area contributed by atoms with Crippen molar-refractivity contribution in [2.45, 2.75) is 44.4 Å².